The first-order valence-electron chi connectivity index (χ1n) is 10.2. The highest BCUT2D eigenvalue weighted by Gasteiger charge is 2.20. The maximum Gasteiger partial charge on any atom is 0.226 e. The predicted octanol–water partition coefficient (Wildman–Crippen LogP) is 3.20. The highest BCUT2D eigenvalue weighted by Crippen LogP contribution is 2.29. The van der Waals surface area contributed by atoms with Crippen molar-refractivity contribution in [3.63, 3.8) is 0 Å². The molecule has 2 N–H and O–H groups in total. The van der Waals surface area contributed by atoms with E-state index in [2.05, 4.69) is 27.4 Å². The Hall–Kier alpha value is -2.45. The van der Waals surface area contributed by atoms with Gasteiger partial charge in [-0.25, -0.2) is 4.98 Å². The zero-order valence-electron chi connectivity index (χ0n) is 16.6. The Morgan fingerprint density at radius 1 is 1.34 bits per heavy atom. The molecule has 2 aliphatic heterocycles. The van der Waals surface area contributed by atoms with E-state index in [-0.39, 0.29) is 11.8 Å². The molecular formula is C21H26N4O3S. The van der Waals surface area contributed by atoms with Crippen LogP contribution >= 0.6 is 11.3 Å². The zero-order valence-corrected chi connectivity index (χ0v) is 17.4. The lowest BCUT2D eigenvalue weighted by Gasteiger charge is -2.23. The van der Waals surface area contributed by atoms with Gasteiger partial charge in [-0.05, 0) is 43.1 Å². The van der Waals surface area contributed by atoms with Gasteiger partial charge in [0.2, 0.25) is 11.8 Å². The number of thiazole rings is 1. The number of aromatic nitrogens is 1. The third kappa shape index (κ3) is 4.94. The Balaban J connectivity index is 1.21. The number of fused-ring (bicyclic) bond motifs is 2. The van der Waals surface area contributed by atoms with Crippen molar-refractivity contribution in [3.8, 4) is 5.75 Å². The normalized spacial score (nSPS) is 16.0. The smallest absolute Gasteiger partial charge is 0.226 e. The predicted molar refractivity (Wildman–Crippen MR) is 114 cm³/mol. The van der Waals surface area contributed by atoms with Gasteiger partial charge >= 0.3 is 0 Å². The molecule has 2 aliphatic rings. The van der Waals surface area contributed by atoms with E-state index in [1.807, 2.05) is 18.2 Å². The largest absolute Gasteiger partial charge is 0.494 e. The number of amides is 2. The average molecular weight is 415 g/mol. The Labute approximate surface area is 174 Å². The molecular weight excluding hydrogens is 388 g/mol. The van der Waals surface area contributed by atoms with E-state index in [0.29, 0.717) is 31.0 Å². The quantitative estimate of drug-likeness (QED) is 0.680. The van der Waals surface area contributed by atoms with Crippen LogP contribution in [0.1, 0.15) is 42.3 Å². The number of hydrogen-bond donors (Lipinski definition) is 2. The number of benzene rings is 1. The second-order valence-electron chi connectivity index (χ2n) is 7.37. The molecule has 0 aliphatic carbocycles. The number of ether oxygens (including phenoxy) is 1. The van der Waals surface area contributed by atoms with Crippen LogP contribution in [0.15, 0.2) is 18.2 Å². The Kier molecular flexibility index (Phi) is 6.10. The summed E-state index contributed by atoms with van der Waals surface area (Å²) in [6.07, 6.45) is 3.22. The SMILES string of the molecule is CCN1CCc2nc(NC(=O)CCCOc3ccc4c(c3)CCC(=O)N4)sc2C1. The van der Waals surface area contributed by atoms with Crippen LogP contribution in [-0.2, 0) is 29.0 Å². The molecule has 0 radical (unpaired) electrons. The fourth-order valence-electron chi connectivity index (χ4n) is 3.63. The molecule has 0 bridgehead atoms. The van der Waals surface area contributed by atoms with Crippen LogP contribution in [0.3, 0.4) is 0 Å². The molecule has 0 saturated heterocycles. The molecule has 4 rings (SSSR count). The molecule has 0 atom stereocenters. The summed E-state index contributed by atoms with van der Waals surface area (Å²) in [5, 5.41) is 6.50. The van der Waals surface area contributed by atoms with Gasteiger partial charge in [0, 0.05) is 42.9 Å². The number of carbonyl (C=O) groups is 2. The second-order valence-corrected chi connectivity index (χ2v) is 8.46. The summed E-state index contributed by atoms with van der Waals surface area (Å²) in [4.78, 5) is 31.9. The third-order valence-electron chi connectivity index (χ3n) is 5.29. The molecule has 3 heterocycles. The van der Waals surface area contributed by atoms with E-state index < -0.39 is 0 Å². The number of anilines is 2. The minimum Gasteiger partial charge on any atom is -0.494 e. The van der Waals surface area contributed by atoms with Crippen molar-refractivity contribution in [2.24, 2.45) is 0 Å². The Morgan fingerprint density at radius 2 is 2.24 bits per heavy atom. The van der Waals surface area contributed by atoms with Crippen LogP contribution in [0, 0.1) is 0 Å². The number of hydrogen-bond acceptors (Lipinski definition) is 6. The number of carbonyl (C=O) groups excluding carboxylic acids is 2. The van der Waals surface area contributed by atoms with Crippen molar-refractivity contribution in [1.82, 2.24) is 9.88 Å². The highest BCUT2D eigenvalue weighted by molar-refractivity contribution is 7.15. The van der Waals surface area contributed by atoms with Crippen molar-refractivity contribution in [1.29, 1.82) is 0 Å². The summed E-state index contributed by atoms with van der Waals surface area (Å²) in [5.74, 6) is 0.800. The van der Waals surface area contributed by atoms with E-state index in [9.17, 15) is 9.59 Å². The number of nitrogens with zero attached hydrogens (tertiary/aromatic N) is 2. The Bertz CT molecular complexity index is 911. The van der Waals surface area contributed by atoms with Gasteiger partial charge in [0.25, 0.3) is 0 Å². The lowest BCUT2D eigenvalue weighted by Crippen LogP contribution is -2.29. The average Bonchev–Trinajstić information content (AvgIpc) is 3.12. The number of aryl methyl sites for hydroxylation is 1. The van der Waals surface area contributed by atoms with Crippen LogP contribution < -0.4 is 15.4 Å². The lowest BCUT2D eigenvalue weighted by atomic mass is 10.0. The van der Waals surface area contributed by atoms with E-state index in [1.165, 1.54) is 4.88 Å². The van der Waals surface area contributed by atoms with Gasteiger partial charge in [0.15, 0.2) is 5.13 Å². The molecule has 2 aromatic rings. The van der Waals surface area contributed by atoms with E-state index in [1.54, 1.807) is 11.3 Å². The molecule has 0 spiro atoms. The van der Waals surface area contributed by atoms with E-state index in [0.717, 1.165) is 55.2 Å². The fourth-order valence-corrected chi connectivity index (χ4v) is 4.69. The van der Waals surface area contributed by atoms with Crippen LogP contribution in [-0.4, -0.2) is 41.4 Å². The molecule has 0 fully saturated rings. The molecule has 1 aromatic heterocycles. The summed E-state index contributed by atoms with van der Waals surface area (Å²) in [5.41, 5.74) is 3.08. The van der Waals surface area contributed by atoms with E-state index >= 15 is 0 Å². The Morgan fingerprint density at radius 3 is 3.10 bits per heavy atom. The van der Waals surface area contributed by atoms with Gasteiger partial charge in [-0.15, -0.1) is 11.3 Å². The van der Waals surface area contributed by atoms with Crippen LogP contribution in [0.5, 0.6) is 5.75 Å². The van der Waals surface area contributed by atoms with Gasteiger partial charge in [0.05, 0.1) is 12.3 Å². The van der Waals surface area contributed by atoms with Crippen molar-refractivity contribution in [2.75, 3.05) is 30.3 Å². The molecule has 7 nitrogen and oxygen atoms in total. The van der Waals surface area contributed by atoms with Crippen LogP contribution in [0.2, 0.25) is 0 Å². The monoisotopic (exact) mass is 414 g/mol. The summed E-state index contributed by atoms with van der Waals surface area (Å²) in [6.45, 7) is 5.64. The molecule has 0 saturated carbocycles. The van der Waals surface area contributed by atoms with Gasteiger partial charge in [-0.2, -0.15) is 0 Å². The van der Waals surface area contributed by atoms with Crippen molar-refractivity contribution < 1.29 is 14.3 Å². The minimum absolute atomic E-state index is 0.0276. The first kappa shape index (κ1) is 19.8. The fraction of sp³-hybridized carbons (Fsp3) is 0.476. The van der Waals surface area contributed by atoms with Gasteiger partial charge in [-0.1, -0.05) is 6.92 Å². The van der Waals surface area contributed by atoms with Crippen molar-refractivity contribution in [3.05, 3.63) is 34.3 Å². The molecule has 0 unspecified atom stereocenters. The topological polar surface area (TPSA) is 83.6 Å². The number of rotatable bonds is 7. The van der Waals surface area contributed by atoms with Crippen LogP contribution in [0.25, 0.3) is 0 Å². The number of likely N-dealkylation sites (N-methyl/N-ethyl adjacent to an activating group) is 1. The van der Waals surface area contributed by atoms with Crippen LogP contribution in [0.4, 0.5) is 10.8 Å². The molecule has 1 aromatic carbocycles. The minimum atomic E-state index is -0.0276. The third-order valence-corrected chi connectivity index (χ3v) is 6.29. The highest BCUT2D eigenvalue weighted by atomic mass is 32.1. The lowest BCUT2D eigenvalue weighted by molar-refractivity contribution is -0.117. The first-order valence-corrected chi connectivity index (χ1v) is 11.0. The maximum absolute atomic E-state index is 12.2. The molecule has 29 heavy (non-hydrogen) atoms. The zero-order chi connectivity index (χ0) is 20.2. The summed E-state index contributed by atoms with van der Waals surface area (Å²) in [6, 6.07) is 5.69. The summed E-state index contributed by atoms with van der Waals surface area (Å²) in [7, 11) is 0. The van der Waals surface area contributed by atoms with Crippen molar-refractivity contribution >= 4 is 34.0 Å². The first-order chi connectivity index (χ1) is 14.1. The van der Waals surface area contributed by atoms with Crippen molar-refractivity contribution in [2.45, 2.75) is 45.6 Å². The van der Waals surface area contributed by atoms with E-state index in [4.69, 9.17) is 4.74 Å². The summed E-state index contributed by atoms with van der Waals surface area (Å²) >= 11 is 1.59. The van der Waals surface area contributed by atoms with Gasteiger partial charge in [-0.3, -0.25) is 14.5 Å². The van der Waals surface area contributed by atoms with Gasteiger partial charge in [0.1, 0.15) is 5.75 Å². The van der Waals surface area contributed by atoms with Gasteiger partial charge < -0.3 is 15.4 Å². The second kappa shape index (κ2) is 8.92. The maximum atomic E-state index is 12.2. The molecule has 8 heteroatoms. The molecule has 2 amide bonds. The standard InChI is InChI=1S/C21H26N4O3S/c1-2-25-10-9-17-18(13-25)29-21(23-17)24-19(26)4-3-11-28-15-6-7-16-14(12-15)5-8-20(27)22-16/h6-7,12H,2-5,8-11,13H2,1H3,(H,22,27)(H,23,24,26). The molecule has 154 valence electrons. The number of nitrogens with one attached hydrogen (secondary N) is 2. The summed E-state index contributed by atoms with van der Waals surface area (Å²) < 4.78 is 5.78.